The van der Waals surface area contributed by atoms with Crippen molar-refractivity contribution in [3.63, 3.8) is 0 Å². The minimum Gasteiger partial charge on any atom is -0.490 e. The molecule has 0 amide bonds. The summed E-state index contributed by atoms with van der Waals surface area (Å²) in [6.07, 6.45) is 0.174. The number of aliphatic hydroxyl groups excluding tert-OH is 1. The number of rotatable bonds is 5. The second-order valence-electron chi connectivity index (χ2n) is 5.13. The number of nitrogens with zero attached hydrogens (tertiary/aromatic N) is 2. The Balaban J connectivity index is 1.95. The van der Waals surface area contributed by atoms with E-state index in [0.29, 0.717) is 0 Å². The van der Waals surface area contributed by atoms with Crippen molar-refractivity contribution in [2.75, 3.05) is 44.2 Å². The van der Waals surface area contributed by atoms with Gasteiger partial charge in [0.2, 0.25) is 0 Å². The lowest BCUT2D eigenvalue weighted by atomic mass is 10.2. The van der Waals surface area contributed by atoms with E-state index in [1.54, 1.807) is 0 Å². The molecule has 1 radical (unpaired) electrons. The molecule has 0 aromatic heterocycles. The number of hydrogen-bond acceptors (Lipinski definition) is 4. The average molecular weight is 263 g/mol. The van der Waals surface area contributed by atoms with Gasteiger partial charge >= 0.3 is 0 Å². The van der Waals surface area contributed by atoms with E-state index >= 15 is 0 Å². The molecule has 0 saturated carbocycles. The Labute approximate surface area is 115 Å². The van der Waals surface area contributed by atoms with Gasteiger partial charge in [-0.3, -0.25) is 4.90 Å². The third-order valence-electron chi connectivity index (χ3n) is 3.27. The Morgan fingerprint density at radius 1 is 1.32 bits per heavy atom. The molecule has 1 N–H and O–H groups in total. The number of hydrogen-bond donors (Lipinski definition) is 1. The summed E-state index contributed by atoms with van der Waals surface area (Å²) >= 11 is 0. The predicted molar refractivity (Wildman–Crippen MR) is 76.8 cm³/mol. The molecule has 1 aliphatic heterocycles. The number of piperazine rings is 1. The highest BCUT2D eigenvalue weighted by Crippen LogP contribution is 2.22. The number of ether oxygens (including phenoxy) is 1. The third kappa shape index (κ3) is 4.11. The summed E-state index contributed by atoms with van der Waals surface area (Å²) in [5.41, 5.74) is 1.19. The normalized spacial score (nSPS) is 16.9. The maximum absolute atomic E-state index is 8.95. The van der Waals surface area contributed by atoms with Gasteiger partial charge in [0.25, 0.3) is 0 Å². The van der Waals surface area contributed by atoms with Crippen LogP contribution in [0, 0.1) is 6.07 Å². The lowest BCUT2D eigenvalue weighted by Gasteiger charge is -2.35. The van der Waals surface area contributed by atoms with Gasteiger partial charge in [-0.25, -0.2) is 0 Å². The van der Waals surface area contributed by atoms with Crippen molar-refractivity contribution in [2.24, 2.45) is 0 Å². The number of benzene rings is 1. The number of β-amino-alcohol motifs (C(OH)–C–C–N with tert-alkyl or cyclic N) is 1. The fraction of sp³-hybridized carbons (Fsp3) is 0.600. The maximum Gasteiger partial charge on any atom is 0.129 e. The van der Waals surface area contributed by atoms with Gasteiger partial charge in [-0.05, 0) is 26.0 Å². The Morgan fingerprint density at radius 2 is 2.05 bits per heavy atom. The Bertz CT molecular complexity index is 387. The Kier molecular flexibility index (Phi) is 5.05. The first-order valence-corrected chi connectivity index (χ1v) is 6.95. The molecule has 4 heteroatoms. The molecule has 19 heavy (non-hydrogen) atoms. The summed E-state index contributed by atoms with van der Waals surface area (Å²) in [5.74, 6) is 0.810. The quantitative estimate of drug-likeness (QED) is 0.871. The highest BCUT2D eigenvalue weighted by molar-refractivity contribution is 5.50. The van der Waals surface area contributed by atoms with Gasteiger partial charge in [0.05, 0.1) is 12.7 Å². The molecule has 1 fully saturated rings. The van der Waals surface area contributed by atoms with Crippen molar-refractivity contribution in [2.45, 2.75) is 20.0 Å². The molecule has 1 aromatic rings. The number of aliphatic hydroxyl groups is 1. The molecule has 1 saturated heterocycles. The SMILES string of the molecule is CC(C)Oc1[c]ccc(N2CCN(CCO)CC2)c1. The lowest BCUT2D eigenvalue weighted by Crippen LogP contribution is -2.47. The van der Waals surface area contributed by atoms with Gasteiger partial charge in [0.15, 0.2) is 0 Å². The second kappa shape index (κ2) is 6.78. The zero-order valence-corrected chi connectivity index (χ0v) is 11.8. The van der Waals surface area contributed by atoms with Gasteiger partial charge in [-0.2, -0.15) is 0 Å². The molecule has 1 aromatic carbocycles. The summed E-state index contributed by atoms with van der Waals surface area (Å²) in [7, 11) is 0. The third-order valence-corrected chi connectivity index (χ3v) is 3.27. The summed E-state index contributed by atoms with van der Waals surface area (Å²) in [5, 5.41) is 8.95. The first-order chi connectivity index (χ1) is 9.19. The summed E-state index contributed by atoms with van der Waals surface area (Å²) in [6.45, 7) is 9.04. The molecule has 105 valence electrons. The molecule has 0 spiro atoms. The van der Waals surface area contributed by atoms with Crippen molar-refractivity contribution < 1.29 is 9.84 Å². The van der Waals surface area contributed by atoms with Crippen LogP contribution in [0.3, 0.4) is 0 Å². The van der Waals surface area contributed by atoms with E-state index in [2.05, 4.69) is 28.0 Å². The second-order valence-corrected chi connectivity index (χ2v) is 5.13. The summed E-state index contributed by atoms with van der Waals surface area (Å²) in [6, 6.07) is 9.18. The fourth-order valence-electron chi connectivity index (χ4n) is 2.32. The minimum absolute atomic E-state index is 0.174. The van der Waals surface area contributed by atoms with E-state index in [1.165, 1.54) is 5.69 Å². The standard InChI is InChI=1S/C15H23N2O2/c1-13(2)19-15-5-3-4-14(12-15)17-8-6-16(7-9-17)10-11-18/h3-4,12-13,18H,6-11H2,1-2H3. The van der Waals surface area contributed by atoms with E-state index in [9.17, 15) is 0 Å². The maximum atomic E-state index is 8.95. The Morgan fingerprint density at radius 3 is 2.68 bits per heavy atom. The van der Waals surface area contributed by atoms with E-state index in [1.807, 2.05) is 19.9 Å². The van der Waals surface area contributed by atoms with Gasteiger partial charge in [0.1, 0.15) is 5.75 Å². The smallest absolute Gasteiger partial charge is 0.129 e. The fourth-order valence-corrected chi connectivity index (χ4v) is 2.32. The molecule has 2 rings (SSSR count). The highest BCUT2D eigenvalue weighted by Gasteiger charge is 2.17. The van der Waals surface area contributed by atoms with Crippen LogP contribution >= 0.6 is 0 Å². The molecule has 0 bridgehead atoms. The van der Waals surface area contributed by atoms with E-state index < -0.39 is 0 Å². The monoisotopic (exact) mass is 263 g/mol. The molecule has 0 unspecified atom stereocenters. The number of anilines is 1. The van der Waals surface area contributed by atoms with Crippen molar-refractivity contribution in [3.8, 4) is 5.75 Å². The zero-order valence-electron chi connectivity index (χ0n) is 11.8. The van der Waals surface area contributed by atoms with Crippen molar-refractivity contribution in [1.82, 2.24) is 4.90 Å². The van der Waals surface area contributed by atoms with Crippen LogP contribution in [0.2, 0.25) is 0 Å². The van der Waals surface area contributed by atoms with E-state index in [-0.39, 0.29) is 12.7 Å². The molecule has 0 atom stereocenters. The largest absolute Gasteiger partial charge is 0.490 e. The van der Waals surface area contributed by atoms with Crippen molar-refractivity contribution >= 4 is 5.69 Å². The van der Waals surface area contributed by atoms with Gasteiger partial charge in [-0.1, -0.05) is 0 Å². The molecule has 1 aliphatic rings. The van der Waals surface area contributed by atoms with E-state index in [4.69, 9.17) is 9.84 Å². The highest BCUT2D eigenvalue weighted by atomic mass is 16.5. The molecular weight excluding hydrogens is 240 g/mol. The first-order valence-electron chi connectivity index (χ1n) is 6.95. The van der Waals surface area contributed by atoms with Crippen LogP contribution in [0.25, 0.3) is 0 Å². The average Bonchev–Trinajstić information content (AvgIpc) is 2.39. The van der Waals surface area contributed by atoms with Crippen LogP contribution in [0.5, 0.6) is 5.75 Å². The van der Waals surface area contributed by atoms with Crippen LogP contribution < -0.4 is 9.64 Å². The van der Waals surface area contributed by atoms with Gasteiger partial charge in [0, 0.05) is 50.5 Å². The zero-order chi connectivity index (χ0) is 13.7. The van der Waals surface area contributed by atoms with Crippen LogP contribution in [0.1, 0.15) is 13.8 Å². The lowest BCUT2D eigenvalue weighted by molar-refractivity contribution is 0.188. The van der Waals surface area contributed by atoms with Gasteiger partial charge < -0.3 is 14.7 Å². The summed E-state index contributed by atoms with van der Waals surface area (Å²) in [4.78, 5) is 4.64. The molecule has 1 heterocycles. The van der Waals surface area contributed by atoms with Gasteiger partial charge in [-0.15, -0.1) is 0 Å². The summed E-state index contributed by atoms with van der Waals surface area (Å²) < 4.78 is 5.68. The first kappa shape index (κ1) is 14.2. The topological polar surface area (TPSA) is 35.9 Å². The van der Waals surface area contributed by atoms with Crippen molar-refractivity contribution in [3.05, 3.63) is 24.3 Å². The molecular formula is C15H23N2O2. The predicted octanol–water partition coefficient (Wildman–Crippen LogP) is 1.39. The van der Waals surface area contributed by atoms with Crippen LogP contribution in [-0.2, 0) is 0 Å². The Hall–Kier alpha value is -1.26. The molecule has 0 aliphatic carbocycles. The van der Waals surface area contributed by atoms with E-state index in [0.717, 1.165) is 38.5 Å². The molecule has 4 nitrogen and oxygen atoms in total. The van der Waals surface area contributed by atoms with Crippen LogP contribution in [-0.4, -0.2) is 55.4 Å². The minimum atomic E-state index is 0.174. The van der Waals surface area contributed by atoms with Crippen LogP contribution in [0.4, 0.5) is 5.69 Å². The van der Waals surface area contributed by atoms with Crippen LogP contribution in [0.15, 0.2) is 18.2 Å². The van der Waals surface area contributed by atoms with Crippen molar-refractivity contribution in [1.29, 1.82) is 0 Å².